The molecule has 3 N–H and O–H groups in total. The van der Waals surface area contributed by atoms with Crippen LogP contribution in [0.15, 0.2) is 11.3 Å². The SMILES string of the molecule is CS(=O)(=O)N1C[C@H]2CC(COC(N)=O)=C(C(=O)O)N3C(=O)[C@@H]1[C@@H]23. The van der Waals surface area contributed by atoms with E-state index in [1.54, 1.807) is 0 Å². The summed E-state index contributed by atoms with van der Waals surface area (Å²) in [4.78, 5) is 35.7. The molecular weight excluding hydrogens is 330 g/mol. The van der Waals surface area contributed by atoms with Gasteiger partial charge in [-0.1, -0.05) is 0 Å². The van der Waals surface area contributed by atoms with Crippen LogP contribution in [0.5, 0.6) is 0 Å². The van der Waals surface area contributed by atoms with Gasteiger partial charge in [0.2, 0.25) is 15.9 Å². The quantitative estimate of drug-likeness (QED) is 0.577. The van der Waals surface area contributed by atoms with E-state index in [-0.39, 0.29) is 36.8 Å². The molecule has 0 aromatic rings. The third-order valence-electron chi connectivity index (χ3n) is 4.42. The van der Waals surface area contributed by atoms with Crippen molar-refractivity contribution in [2.45, 2.75) is 18.5 Å². The van der Waals surface area contributed by atoms with Crippen molar-refractivity contribution >= 4 is 28.0 Å². The molecule has 2 fully saturated rings. The lowest BCUT2D eigenvalue weighted by Gasteiger charge is -2.49. The van der Waals surface area contributed by atoms with Gasteiger partial charge in [0.1, 0.15) is 18.3 Å². The Morgan fingerprint density at radius 2 is 2.09 bits per heavy atom. The van der Waals surface area contributed by atoms with Gasteiger partial charge < -0.3 is 15.6 Å². The van der Waals surface area contributed by atoms with Crippen molar-refractivity contribution in [1.82, 2.24) is 9.21 Å². The zero-order valence-corrected chi connectivity index (χ0v) is 12.9. The molecule has 0 aromatic heterocycles. The predicted molar refractivity (Wildman–Crippen MR) is 74.3 cm³/mol. The summed E-state index contributed by atoms with van der Waals surface area (Å²) in [5, 5.41) is 9.38. The summed E-state index contributed by atoms with van der Waals surface area (Å²) in [6, 6.07) is -1.33. The highest BCUT2D eigenvalue weighted by Crippen LogP contribution is 2.47. The van der Waals surface area contributed by atoms with Crippen LogP contribution in [0.1, 0.15) is 6.42 Å². The largest absolute Gasteiger partial charge is 0.477 e. The predicted octanol–water partition coefficient (Wildman–Crippen LogP) is -1.71. The number of ether oxygens (including phenoxy) is 1. The summed E-state index contributed by atoms with van der Waals surface area (Å²) in [5.41, 5.74) is 4.89. The van der Waals surface area contributed by atoms with Crippen molar-refractivity contribution in [3.8, 4) is 0 Å². The number of nitrogens with zero attached hydrogens (tertiary/aromatic N) is 2. The number of carbonyl (C=O) groups excluding carboxylic acids is 2. The number of primary amides is 1. The van der Waals surface area contributed by atoms with E-state index >= 15 is 0 Å². The Morgan fingerprint density at radius 1 is 1.43 bits per heavy atom. The molecule has 3 atom stereocenters. The highest BCUT2D eigenvalue weighted by molar-refractivity contribution is 7.88. The van der Waals surface area contributed by atoms with Crippen LogP contribution < -0.4 is 5.73 Å². The molecule has 3 aliphatic rings. The summed E-state index contributed by atoms with van der Waals surface area (Å²) in [5.74, 6) is -2.13. The average molecular weight is 345 g/mol. The fourth-order valence-corrected chi connectivity index (χ4v) is 4.71. The molecule has 0 saturated carbocycles. The molecule has 3 heterocycles. The molecule has 0 aliphatic carbocycles. The summed E-state index contributed by atoms with van der Waals surface area (Å²) in [6.45, 7) is -0.211. The molecule has 0 unspecified atom stereocenters. The number of sulfonamides is 1. The number of hydrogen-bond acceptors (Lipinski definition) is 6. The topological polar surface area (TPSA) is 147 Å². The van der Waals surface area contributed by atoms with Gasteiger partial charge in [-0.05, 0) is 17.9 Å². The van der Waals surface area contributed by atoms with E-state index in [9.17, 15) is 27.9 Å². The molecule has 10 nitrogen and oxygen atoms in total. The minimum Gasteiger partial charge on any atom is -0.477 e. The molecule has 2 saturated heterocycles. The fourth-order valence-electron chi connectivity index (χ4n) is 3.62. The van der Waals surface area contributed by atoms with Crippen molar-refractivity contribution in [3.05, 3.63) is 11.3 Å². The fraction of sp³-hybridized carbons (Fsp3) is 0.583. The minimum absolute atomic E-state index is 0.128. The molecule has 11 heteroatoms. The lowest BCUT2D eigenvalue weighted by atomic mass is 9.79. The standard InChI is InChI=1S/C12H15N3O7S/c1-23(20,21)14-3-5-2-6(4-22-12(13)19)8(11(17)18)15-7(5)9(14)10(15)16/h5,7,9H,2-4H2,1H3,(H2,13,19)(H,17,18)/t5-,7-,9+/m1/s1. The lowest BCUT2D eigenvalue weighted by Crippen LogP contribution is -2.69. The summed E-state index contributed by atoms with van der Waals surface area (Å²) < 4.78 is 29.4. The second-order valence-corrected chi connectivity index (χ2v) is 7.74. The van der Waals surface area contributed by atoms with Crippen LogP contribution in [0, 0.1) is 5.92 Å². The highest BCUT2D eigenvalue weighted by atomic mass is 32.2. The van der Waals surface area contributed by atoms with Crippen molar-refractivity contribution in [2.24, 2.45) is 11.7 Å². The molecule has 0 radical (unpaired) electrons. The van der Waals surface area contributed by atoms with Gasteiger partial charge in [-0.25, -0.2) is 18.0 Å². The van der Waals surface area contributed by atoms with Gasteiger partial charge >= 0.3 is 12.1 Å². The van der Waals surface area contributed by atoms with Gasteiger partial charge in [0.25, 0.3) is 0 Å². The molecule has 0 bridgehead atoms. The van der Waals surface area contributed by atoms with Gasteiger partial charge in [-0.15, -0.1) is 0 Å². The smallest absolute Gasteiger partial charge is 0.404 e. The number of nitrogens with two attached hydrogens (primary N) is 1. The number of aliphatic carboxylic acids is 1. The molecule has 3 aliphatic heterocycles. The lowest BCUT2D eigenvalue weighted by molar-refractivity contribution is -0.155. The first-order chi connectivity index (χ1) is 10.6. The molecular formula is C12H15N3O7S. The monoisotopic (exact) mass is 345 g/mol. The third-order valence-corrected chi connectivity index (χ3v) is 5.65. The highest BCUT2D eigenvalue weighted by Gasteiger charge is 2.64. The van der Waals surface area contributed by atoms with Crippen LogP contribution in [0.4, 0.5) is 4.79 Å². The van der Waals surface area contributed by atoms with E-state index in [1.165, 1.54) is 0 Å². The van der Waals surface area contributed by atoms with Crippen molar-refractivity contribution < 1.29 is 32.6 Å². The van der Waals surface area contributed by atoms with Crippen LogP contribution in [-0.4, -0.2) is 72.2 Å². The third kappa shape index (κ3) is 2.27. The number of hydrogen-bond donors (Lipinski definition) is 2. The van der Waals surface area contributed by atoms with E-state index in [1.807, 2.05) is 0 Å². The molecule has 3 rings (SSSR count). The maximum absolute atomic E-state index is 12.3. The van der Waals surface area contributed by atoms with E-state index in [0.717, 1.165) is 15.5 Å². The van der Waals surface area contributed by atoms with E-state index in [2.05, 4.69) is 4.74 Å². The first-order valence-electron chi connectivity index (χ1n) is 6.80. The van der Waals surface area contributed by atoms with Crippen LogP contribution in [0.25, 0.3) is 0 Å². The summed E-state index contributed by atoms with van der Waals surface area (Å²) in [7, 11) is -3.57. The van der Waals surface area contributed by atoms with Gasteiger partial charge in [-0.2, -0.15) is 4.31 Å². The number of rotatable bonds is 4. The maximum Gasteiger partial charge on any atom is 0.404 e. The Kier molecular flexibility index (Phi) is 3.37. The average Bonchev–Trinajstić information content (AvgIpc) is 2.79. The Morgan fingerprint density at radius 3 is 2.61 bits per heavy atom. The van der Waals surface area contributed by atoms with Crippen molar-refractivity contribution in [1.29, 1.82) is 0 Å². The second kappa shape index (κ2) is 4.93. The normalized spacial score (nSPS) is 30.0. The summed E-state index contributed by atoms with van der Waals surface area (Å²) in [6.07, 6.45) is 0.191. The second-order valence-electron chi connectivity index (χ2n) is 5.81. The minimum atomic E-state index is -3.57. The number of carboxylic acids is 1. The molecule has 23 heavy (non-hydrogen) atoms. The molecule has 126 valence electrons. The van der Waals surface area contributed by atoms with E-state index in [0.29, 0.717) is 0 Å². The first kappa shape index (κ1) is 15.7. The van der Waals surface area contributed by atoms with E-state index < -0.39 is 40.1 Å². The van der Waals surface area contributed by atoms with Crippen molar-refractivity contribution in [2.75, 3.05) is 19.4 Å². The van der Waals surface area contributed by atoms with Crippen molar-refractivity contribution in [3.63, 3.8) is 0 Å². The summed E-state index contributed by atoms with van der Waals surface area (Å²) >= 11 is 0. The molecule has 0 spiro atoms. The van der Waals surface area contributed by atoms with Crippen LogP contribution in [-0.2, 0) is 24.3 Å². The maximum atomic E-state index is 12.3. The first-order valence-corrected chi connectivity index (χ1v) is 8.65. The Labute approximate surface area is 131 Å². The number of β-lactam (4-membered cyclic amide) rings is 1. The Balaban J connectivity index is 1.96. The number of carbonyl (C=O) groups is 3. The van der Waals surface area contributed by atoms with Gasteiger partial charge in [-0.3, -0.25) is 9.69 Å². The molecule has 0 aromatic carbocycles. The number of carboxylic acid groups (broad SMARTS) is 1. The Hall–Kier alpha value is -2.14. The number of amides is 2. The van der Waals surface area contributed by atoms with E-state index in [4.69, 9.17) is 5.73 Å². The molecule has 2 amide bonds. The zero-order chi connectivity index (χ0) is 17.1. The van der Waals surface area contributed by atoms with Gasteiger partial charge in [0, 0.05) is 6.54 Å². The van der Waals surface area contributed by atoms with Gasteiger partial charge in [0.05, 0.1) is 12.3 Å². The van der Waals surface area contributed by atoms with Crippen LogP contribution in [0.2, 0.25) is 0 Å². The zero-order valence-electron chi connectivity index (χ0n) is 12.1. The van der Waals surface area contributed by atoms with Crippen LogP contribution in [0.3, 0.4) is 0 Å². The van der Waals surface area contributed by atoms with Gasteiger partial charge in [0.15, 0.2) is 0 Å². The van der Waals surface area contributed by atoms with Crippen LogP contribution >= 0.6 is 0 Å². The Bertz CT molecular complexity index is 744.